The lowest BCUT2D eigenvalue weighted by Crippen LogP contribution is -2.22. The molecule has 8 heteroatoms. The number of halogens is 2. The van der Waals surface area contributed by atoms with Crippen LogP contribution in [0.1, 0.15) is 4.88 Å². The maximum absolute atomic E-state index is 12.4. The number of aromatic nitrogens is 1. The largest absolute Gasteiger partial charge is 0.493 e. The fraction of sp³-hybridized carbons (Fsp3) is 0. The zero-order valence-corrected chi connectivity index (χ0v) is 17.2. The first-order valence-corrected chi connectivity index (χ1v) is 9.91. The number of carbonyl (C=O) groups is 1. The molecular weight excluding hydrogens is 488 g/mol. The van der Waals surface area contributed by atoms with Crippen molar-refractivity contribution < 1.29 is 9.90 Å². The molecule has 1 aliphatic rings. The van der Waals surface area contributed by atoms with Crippen molar-refractivity contribution in [3.8, 4) is 11.6 Å². The number of rotatable bonds is 2. The smallest absolute Gasteiger partial charge is 0.279 e. The average molecular weight is 496 g/mol. The van der Waals surface area contributed by atoms with Gasteiger partial charge in [0.2, 0.25) is 5.88 Å². The second-order valence-electron chi connectivity index (χ2n) is 5.26. The SMILES string of the molecule is O=C1N=c2ccc(Br)cc2=C1c1sc(=S)n(-c2ccccc2Br)c1O. The van der Waals surface area contributed by atoms with Gasteiger partial charge in [-0.1, -0.05) is 28.1 Å². The molecular formula is C17H8Br2N2O2S2. The van der Waals surface area contributed by atoms with Crippen LogP contribution in [0.2, 0.25) is 0 Å². The van der Waals surface area contributed by atoms with E-state index in [0.717, 1.165) is 8.95 Å². The van der Waals surface area contributed by atoms with Crippen LogP contribution in [0.5, 0.6) is 5.88 Å². The molecule has 0 bridgehead atoms. The van der Waals surface area contributed by atoms with Gasteiger partial charge in [0.25, 0.3) is 5.91 Å². The van der Waals surface area contributed by atoms with E-state index >= 15 is 0 Å². The van der Waals surface area contributed by atoms with E-state index in [2.05, 4.69) is 36.9 Å². The van der Waals surface area contributed by atoms with Crippen LogP contribution in [0, 0.1) is 3.95 Å². The van der Waals surface area contributed by atoms with Gasteiger partial charge in [0.05, 0.1) is 16.6 Å². The average Bonchev–Trinajstić information content (AvgIpc) is 3.03. The Hall–Kier alpha value is -1.61. The maximum atomic E-state index is 12.4. The minimum absolute atomic E-state index is 0.0618. The van der Waals surface area contributed by atoms with Crippen LogP contribution >= 0.6 is 55.4 Å². The number of hydrogen-bond donors (Lipinski definition) is 1. The summed E-state index contributed by atoms with van der Waals surface area (Å²) in [6, 6.07) is 12.9. The molecule has 1 amide bonds. The first kappa shape index (κ1) is 16.8. The Bertz CT molecular complexity index is 1230. The summed E-state index contributed by atoms with van der Waals surface area (Å²) in [7, 11) is 0. The molecule has 0 radical (unpaired) electrons. The van der Waals surface area contributed by atoms with Crippen LogP contribution in [0.4, 0.5) is 0 Å². The number of hydrogen-bond acceptors (Lipinski definition) is 4. The molecule has 0 atom stereocenters. The van der Waals surface area contributed by atoms with Crippen LogP contribution in [-0.2, 0) is 4.79 Å². The second kappa shape index (κ2) is 6.28. The van der Waals surface area contributed by atoms with Crippen molar-refractivity contribution in [2.75, 3.05) is 0 Å². The van der Waals surface area contributed by atoms with Crippen molar-refractivity contribution >= 4 is 66.9 Å². The van der Waals surface area contributed by atoms with Crippen molar-refractivity contribution in [2.24, 2.45) is 4.99 Å². The summed E-state index contributed by atoms with van der Waals surface area (Å²) in [4.78, 5) is 16.9. The number of fused-ring (bicyclic) bond motifs is 1. The third-order valence-corrected chi connectivity index (χ3v) is 6.32. The van der Waals surface area contributed by atoms with E-state index < -0.39 is 0 Å². The number of aromatic hydroxyl groups is 1. The fourth-order valence-electron chi connectivity index (χ4n) is 2.68. The van der Waals surface area contributed by atoms with Gasteiger partial charge in [0.15, 0.2) is 3.95 Å². The molecule has 0 unspecified atom stereocenters. The molecule has 1 N–H and O–H groups in total. The lowest BCUT2D eigenvalue weighted by atomic mass is 10.1. The van der Waals surface area contributed by atoms with Gasteiger partial charge in [-0.2, -0.15) is 0 Å². The van der Waals surface area contributed by atoms with Gasteiger partial charge in [-0.3, -0.25) is 9.36 Å². The van der Waals surface area contributed by atoms with Crippen molar-refractivity contribution in [1.82, 2.24) is 4.57 Å². The minimum Gasteiger partial charge on any atom is -0.493 e. The van der Waals surface area contributed by atoms with E-state index in [9.17, 15) is 9.90 Å². The molecule has 124 valence electrons. The summed E-state index contributed by atoms with van der Waals surface area (Å²) in [5, 5.41) is 12.1. The summed E-state index contributed by atoms with van der Waals surface area (Å²) in [6.07, 6.45) is 0. The van der Waals surface area contributed by atoms with Gasteiger partial charge in [-0.05, 0) is 58.5 Å². The van der Waals surface area contributed by atoms with Gasteiger partial charge >= 0.3 is 0 Å². The Balaban J connectivity index is 2.04. The van der Waals surface area contributed by atoms with Gasteiger partial charge < -0.3 is 5.11 Å². The minimum atomic E-state index is -0.376. The van der Waals surface area contributed by atoms with E-state index in [0.29, 0.717) is 30.7 Å². The second-order valence-corrected chi connectivity index (χ2v) is 8.68. The Morgan fingerprint density at radius 1 is 1.16 bits per heavy atom. The van der Waals surface area contributed by atoms with Crippen LogP contribution in [-0.4, -0.2) is 15.6 Å². The van der Waals surface area contributed by atoms with E-state index in [1.54, 1.807) is 10.6 Å². The molecule has 0 saturated carbocycles. The topological polar surface area (TPSA) is 54.6 Å². The standard InChI is InChI=1S/C17H8Br2N2O2S2/c18-8-5-6-11-9(7-8)13(15(22)20-11)14-16(23)21(17(24)25-14)12-4-2-1-3-10(12)19/h1-7,23H. The molecule has 1 aliphatic heterocycles. The number of nitrogens with zero attached hydrogens (tertiary/aromatic N) is 2. The first-order chi connectivity index (χ1) is 12.0. The Morgan fingerprint density at radius 3 is 2.68 bits per heavy atom. The molecule has 2 heterocycles. The van der Waals surface area contributed by atoms with Gasteiger partial charge in [0, 0.05) is 14.2 Å². The zero-order valence-electron chi connectivity index (χ0n) is 12.4. The lowest BCUT2D eigenvalue weighted by Gasteiger charge is -2.07. The number of carbonyl (C=O) groups excluding carboxylic acids is 1. The molecule has 4 rings (SSSR count). The summed E-state index contributed by atoms with van der Waals surface area (Å²) < 4.78 is 3.63. The van der Waals surface area contributed by atoms with Crippen molar-refractivity contribution in [3.63, 3.8) is 0 Å². The van der Waals surface area contributed by atoms with Crippen molar-refractivity contribution in [1.29, 1.82) is 0 Å². The Labute approximate surface area is 168 Å². The van der Waals surface area contributed by atoms with E-state index in [4.69, 9.17) is 12.2 Å². The number of benzene rings is 2. The molecule has 0 spiro atoms. The Morgan fingerprint density at radius 2 is 1.92 bits per heavy atom. The van der Waals surface area contributed by atoms with Gasteiger partial charge in [0.1, 0.15) is 4.88 Å². The van der Waals surface area contributed by atoms with Crippen LogP contribution in [0.15, 0.2) is 56.4 Å². The zero-order chi connectivity index (χ0) is 17.7. The highest BCUT2D eigenvalue weighted by molar-refractivity contribution is 9.10. The molecule has 2 aromatic carbocycles. The maximum Gasteiger partial charge on any atom is 0.279 e. The van der Waals surface area contributed by atoms with Crippen LogP contribution in [0.25, 0.3) is 11.3 Å². The predicted molar refractivity (Wildman–Crippen MR) is 106 cm³/mol. The lowest BCUT2D eigenvalue weighted by molar-refractivity contribution is -0.112. The van der Waals surface area contributed by atoms with Gasteiger partial charge in [-0.15, -0.1) is 11.3 Å². The van der Waals surface area contributed by atoms with Crippen molar-refractivity contribution in [3.05, 3.63) is 70.8 Å². The summed E-state index contributed by atoms with van der Waals surface area (Å²) >= 11 is 13.5. The fourth-order valence-corrected chi connectivity index (χ4v) is 4.87. The van der Waals surface area contributed by atoms with E-state index in [1.165, 1.54) is 11.3 Å². The van der Waals surface area contributed by atoms with Crippen LogP contribution in [0.3, 0.4) is 0 Å². The summed E-state index contributed by atoms with van der Waals surface area (Å²) in [6.45, 7) is 0. The summed E-state index contributed by atoms with van der Waals surface area (Å²) in [5.41, 5.74) is 1.08. The monoisotopic (exact) mass is 494 g/mol. The van der Waals surface area contributed by atoms with E-state index in [-0.39, 0.29) is 11.8 Å². The number of thiazole rings is 1. The highest BCUT2D eigenvalue weighted by Gasteiger charge is 2.26. The highest BCUT2D eigenvalue weighted by Crippen LogP contribution is 2.36. The highest BCUT2D eigenvalue weighted by atomic mass is 79.9. The predicted octanol–water partition coefficient (Wildman–Crippen LogP) is 3.86. The summed E-state index contributed by atoms with van der Waals surface area (Å²) in [5.74, 6) is -0.438. The molecule has 25 heavy (non-hydrogen) atoms. The normalized spacial score (nSPS) is 13.0. The molecule has 0 aliphatic carbocycles. The number of para-hydroxylation sites is 1. The third kappa shape index (κ3) is 2.73. The van der Waals surface area contributed by atoms with Crippen LogP contribution < -0.4 is 10.6 Å². The molecule has 0 saturated heterocycles. The quantitative estimate of drug-likeness (QED) is 0.549. The molecule has 1 aromatic heterocycles. The number of amides is 1. The van der Waals surface area contributed by atoms with Crippen molar-refractivity contribution in [2.45, 2.75) is 0 Å². The third-order valence-electron chi connectivity index (χ3n) is 3.77. The molecule has 3 aromatic rings. The first-order valence-electron chi connectivity index (χ1n) is 7.10. The van der Waals surface area contributed by atoms with E-state index in [1.807, 2.05) is 36.4 Å². The molecule has 0 fully saturated rings. The molecule has 4 nitrogen and oxygen atoms in total. The van der Waals surface area contributed by atoms with Gasteiger partial charge in [-0.25, -0.2) is 4.99 Å². The Kier molecular flexibility index (Phi) is 4.23.